The van der Waals surface area contributed by atoms with E-state index in [4.69, 9.17) is 0 Å². The first-order chi connectivity index (χ1) is 10.3. The average molecular weight is 303 g/mol. The summed E-state index contributed by atoms with van der Waals surface area (Å²) in [6, 6.07) is 0. The van der Waals surface area contributed by atoms with Gasteiger partial charge in [-0.05, 0) is 52.0 Å². The lowest BCUT2D eigenvalue weighted by Crippen LogP contribution is -2.24. The summed E-state index contributed by atoms with van der Waals surface area (Å²) < 4.78 is 0. The van der Waals surface area contributed by atoms with Crippen molar-refractivity contribution < 1.29 is 0 Å². The van der Waals surface area contributed by atoms with Crippen LogP contribution >= 0.6 is 0 Å². The largest absolute Gasteiger partial charge is 0.384 e. The average Bonchev–Trinajstić information content (AvgIpc) is 2.41. The minimum atomic E-state index is 0.406. The summed E-state index contributed by atoms with van der Waals surface area (Å²) in [5, 5.41) is 3.38. The predicted octanol–water partition coefficient (Wildman–Crippen LogP) is 5.46. The quantitative estimate of drug-likeness (QED) is 0.246. The van der Waals surface area contributed by atoms with Crippen molar-refractivity contribution in [3.05, 3.63) is 47.7 Å². The second-order valence-electron chi connectivity index (χ2n) is 6.27. The highest BCUT2D eigenvalue weighted by molar-refractivity contribution is 6.00. The van der Waals surface area contributed by atoms with Gasteiger partial charge in [-0.2, -0.15) is 0 Å². The Kier molecular flexibility index (Phi) is 10.3. The Bertz CT molecular complexity index is 458. The van der Waals surface area contributed by atoms with Crippen molar-refractivity contribution in [3.63, 3.8) is 0 Å². The van der Waals surface area contributed by atoms with E-state index in [0.717, 1.165) is 37.3 Å². The molecule has 1 N–H and O–H groups in total. The summed E-state index contributed by atoms with van der Waals surface area (Å²) in [7, 11) is 0. The molecule has 124 valence electrons. The molecule has 0 saturated heterocycles. The summed E-state index contributed by atoms with van der Waals surface area (Å²) >= 11 is 0. The highest BCUT2D eigenvalue weighted by atomic mass is 14.9. The molecule has 0 bridgehead atoms. The van der Waals surface area contributed by atoms with Gasteiger partial charge in [0.25, 0.3) is 0 Å². The number of allylic oxidation sites excluding steroid dienone is 5. The van der Waals surface area contributed by atoms with E-state index in [0.29, 0.717) is 5.92 Å². The van der Waals surface area contributed by atoms with E-state index < -0.39 is 0 Å². The fraction of sp³-hybridized carbons (Fsp3) is 0.550. The molecule has 0 aromatic rings. The molecule has 0 aliphatic carbocycles. The lowest BCUT2D eigenvalue weighted by Gasteiger charge is -2.14. The molecule has 0 spiro atoms. The number of hydrogen-bond acceptors (Lipinski definition) is 2. The van der Waals surface area contributed by atoms with Crippen LogP contribution in [0.5, 0.6) is 0 Å². The van der Waals surface area contributed by atoms with Crippen LogP contribution in [0, 0.1) is 5.92 Å². The molecule has 22 heavy (non-hydrogen) atoms. The van der Waals surface area contributed by atoms with Gasteiger partial charge in [-0.3, -0.25) is 4.99 Å². The molecular formula is C20H34N2. The van der Waals surface area contributed by atoms with Crippen LogP contribution in [0.25, 0.3) is 0 Å². The van der Waals surface area contributed by atoms with E-state index in [1.807, 2.05) is 0 Å². The second-order valence-corrected chi connectivity index (χ2v) is 6.27. The molecule has 2 nitrogen and oxygen atoms in total. The van der Waals surface area contributed by atoms with Crippen molar-refractivity contribution in [3.8, 4) is 0 Å². The van der Waals surface area contributed by atoms with Gasteiger partial charge in [-0.1, -0.05) is 50.3 Å². The van der Waals surface area contributed by atoms with Gasteiger partial charge in [0.1, 0.15) is 0 Å². The number of aliphatic imine (C=N–C) groups is 1. The van der Waals surface area contributed by atoms with Crippen molar-refractivity contribution in [2.75, 3.05) is 13.1 Å². The standard InChI is InChI=1S/C20H34N2/c1-9-21-20(17(6)7)18(8)22-13-11-10-12-19(16(4)5)14-15(2)3/h10,12,17,22H,2,8-9,11,13-14H2,1,3-7H3/b12-10-,21-20?. The van der Waals surface area contributed by atoms with Gasteiger partial charge in [0.2, 0.25) is 0 Å². The highest BCUT2D eigenvalue weighted by Gasteiger charge is 2.08. The maximum Gasteiger partial charge on any atom is 0.0598 e. The van der Waals surface area contributed by atoms with E-state index in [1.54, 1.807) is 0 Å². The molecule has 0 atom stereocenters. The first-order valence-electron chi connectivity index (χ1n) is 8.24. The summed E-state index contributed by atoms with van der Waals surface area (Å²) in [4.78, 5) is 4.53. The summed E-state index contributed by atoms with van der Waals surface area (Å²) in [6.07, 6.45) is 6.37. The maximum absolute atomic E-state index is 4.53. The number of rotatable bonds is 10. The van der Waals surface area contributed by atoms with Gasteiger partial charge in [0.15, 0.2) is 0 Å². The highest BCUT2D eigenvalue weighted by Crippen LogP contribution is 2.15. The van der Waals surface area contributed by atoms with Crippen molar-refractivity contribution in [1.29, 1.82) is 0 Å². The van der Waals surface area contributed by atoms with E-state index in [2.05, 4.69) is 77.2 Å². The molecule has 0 unspecified atom stereocenters. The third-order valence-electron chi connectivity index (χ3n) is 3.29. The lowest BCUT2D eigenvalue weighted by molar-refractivity contribution is 0.797. The van der Waals surface area contributed by atoms with E-state index in [1.165, 1.54) is 16.7 Å². The molecule has 0 aromatic heterocycles. The van der Waals surface area contributed by atoms with Crippen LogP contribution < -0.4 is 5.32 Å². The molecule has 0 amide bonds. The minimum absolute atomic E-state index is 0.406. The second kappa shape index (κ2) is 11.1. The van der Waals surface area contributed by atoms with Crippen LogP contribution in [-0.2, 0) is 0 Å². The molecule has 0 saturated carbocycles. The first kappa shape index (κ1) is 20.4. The van der Waals surface area contributed by atoms with E-state index >= 15 is 0 Å². The molecule has 0 aliphatic rings. The Labute approximate surface area is 137 Å². The molecule has 0 fully saturated rings. The predicted molar refractivity (Wildman–Crippen MR) is 102 cm³/mol. The van der Waals surface area contributed by atoms with Crippen molar-refractivity contribution >= 4 is 5.71 Å². The topological polar surface area (TPSA) is 24.4 Å². The van der Waals surface area contributed by atoms with Crippen molar-refractivity contribution in [2.24, 2.45) is 10.9 Å². The van der Waals surface area contributed by atoms with Crippen LogP contribution in [0.3, 0.4) is 0 Å². The van der Waals surface area contributed by atoms with Gasteiger partial charge >= 0.3 is 0 Å². The normalized spacial score (nSPS) is 11.9. The smallest absolute Gasteiger partial charge is 0.0598 e. The Morgan fingerprint density at radius 1 is 1.18 bits per heavy atom. The minimum Gasteiger partial charge on any atom is -0.384 e. The van der Waals surface area contributed by atoms with Crippen LogP contribution in [0.1, 0.15) is 54.4 Å². The van der Waals surface area contributed by atoms with Crippen LogP contribution in [0.15, 0.2) is 52.7 Å². The third kappa shape index (κ3) is 8.66. The van der Waals surface area contributed by atoms with E-state index in [9.17, 15) is 0 Å². The number of nitrogens with zero attached hydrogens (tertiary/aromatic N) is 1. The Hall–Kier alpha value is -1.57. The number of nitrogens with one attached hydrogen (secondary N) is 1. The first-order valence-corrected chi connectivity index (χ1v) is 8.24. The molecule has 0 aliphatic heterocycles. The van der Waals surface area contributed by atoms with Crippen LogP contribution in [0.2, 0.25) is 0 Å². The maximum atomic E-state index is 4.53. The van der Waals surface area contributed by atoms with Crippen molar-refractivity contribution in [1.82, 2.24) is 5.32 Å². The Morgan fingerprint density at radius 3 is 2.27 bits per heavy atom. The molecular weight excluding hydrogens is 268 g/mol. The zero-order chi connectivity index (χ0) is 17.1. The van der Waals surface area contributed by atoms with Gasteiger partial charge < -0.3 is 5.32 Å². The Morgan fingerprint density at radius 2 is 1.82 bits per heavy atom. The van der Waals surface area contributed by atoms with Crippen molar-refractivity contribution in [2.45, 2.75) is 54.4 Å². The molecule has 0 radical (unpaired) electrons. The molecule has 0 aromatic carbocycles. The fourth-order valence-electron chi connectivity index (χ4n) is 2.15. The molecule has 0 rings (SSSR count). The summed E-state index contributed by atoms with van der Waals surface area (Å²) in [5.41, 5.74) is 5.95. The van der Waals surface area contributed by atoms with Gasteiger partial charge in [0, 0.05) is 18.8 Å². The monoisotopic (exact) mass is 302 g/mol. The lowest BCUT2D eigenvalue weighted by atomic mass is 10.0. The van der Waals surface area contributed by atoms with Gasteiger partial charge in [-0.25, -0.2) is 0 Å². The third-order valence-corrected chi connectivity index (χ3v) is 3.29. The number of hydrogen-bond donors (Lipinski definition) is 1. The molecule has 2 heteroatoms. The van der Waals surface area contributed by atoms with Crippen LogP contribution in [-0.4, -0.2) is 18.8 Å². The summed E-state index contributed by atoms with van der Waals surface area (Å²) in [6.45, 7) is 22.5. The zero-order valence-corrected chi connectivity index (χ0v) is 15.4. The summed E-state index contributed by atoms with van der Waals surface area (Å²) in [5.74, 6) is 0.406. The SMILES string of the molecule is C=C(C)CC(/C=C\CCNC(=C)C(=NCC)C(C)C)=C(C)C. The molecule has 0 heterocycles. The van der Waals surface area contributed by atoms with E-state index in [-0.39, 0.29) is 0 Å². The van der Waals surface area contributed by atoms with Gasteiger partial charge in [0.05, 0.1) is 5.71 Å². The fourth-order valence-corrected chi connectivity index (χ4v) is 2.15. The zero-order valence-electron chi connectivity index (χ0n) is 15.4. The Balaban J connectivity index is 4.40. The van der Waals surface area contributed by atoms with Crippen LogP contribution in [0.4, 0.5) is 0 Å². The van der Waals surface area contributed by atoms with Gasteiger partial charge in [-0.15, -0.1) is 0 Å².